The second kappa shape index (κ2) is 6.38. The van der Waals surface area contributed by atoms with Crippen LogP contribution in [0.25, 0.3) is 10.8 Å². The molecule has 28 heavy (non-hydrogen) atoms. The number of thioether (sulfide) groups is 1. The molecule has 2 aromatic carbocycles. The summed E-state index contributed by atoms with van der Waals surface area (Å²) in [5, 5.41) is 13.0. The number of carboxylic acid groups (broad SMARTS) is 1. The maximum Gasteiger partial charge on any atom is 0.327 e. The van der Waals surface area contributed by atoms with Crippen LogP contribution in [-0.4, -0.2) is 33.7 Å². The van der Waals surface area contributed by atoms with Gasteiger partial charge in [-0.15, -0.1) is 11.8 Å². The van der Waals surface area contributed by atoms with Gasteiger partial charge in [-0.1, -0.05) is 49.4 Å². The summed E-state index contributed by atoms with van der Waals surface area (Å²) in [6.07, 6.45) is 3.48. The maximum atomic E-state index is 13.1. The summed E-state index contributed by atoms with van der Waals surface area (Å²) in [6.45, 7) is 2.21. The maximum absolute atomic E-state index is 13.1. The van der Waals surface area contributed by atoms with Crippen LogP contribution in [-0.2, 0) is 16.0 Å². The molecule has 1 aliphatic carbocycles. The highest BCUT2D eigenvalue weighted by Crippen LogP contribution is 2.57. The molecule has 2 atom stereocenters. The first-order valence-corrected chi connectivity index (χ1v) is 10.9. The summed E-state index contributed by atoms with van der Waals surface area (Å²) in [5.41, 5.74) is 2.33. The highest BCUT2D eigenvalue weighted by atomic mass is 32.2. The Morgan fingerprint density at radius 1 is 1.21 bits per heavy atom. The fraction of sp³-hybridized carbons (Fsp3) is 0.391. The number of carbonyl (C=O) groups is 2. The Hall–Kier alpha value is -2.27. The molecule has 0 spiro atoms. The van der Waals surface area contributed by atoms with Gasteiger partial charge in [0.15, 0.2) is 0 Å². The number of carbonyl (C=O) groups excluding carboxylic acids is 1. The minimum atomic E-state index is -0.899. The lowest BCUT2D eigenvalue weighted by molar-refractivity contribution is -0.148. The van der Waals surface area contributed by atoms with Gasteiger partial charge in [0.2, 0.25) is 5.91 Å². The summed E-state index contributed by atoms with van der Waals surface area (Å²) in [4.78, 5) is 26.3. The van der Waals surface area contributed by atoms with Gasteiger partial charge in [-0.2, -0.15) is 0 Å². The molecule has 1 saturated carbocycles. The van der Waals surface area contributed by atoms with Gasteiger partial charge >= 0.3 is 5.97 Å². The fourth-order valence-electron chi connectivity index (χ4n) is 4.96. The predicted molar refractivity (Wildman–Crippen MR) is 111 cm³/mol. The molecule has 4 nitrogen and oxygen atoms in total. The molecule has 0 bridgehead atoms. The normalized spacial score (nSPS) is 27.4. The van der Waals surface area contributed by atoms with Crippen LogP contribution < -0.4 is 0 Å². The second-order valence-corrected chi connectivity index (χ2v) is 9.48. The van der Waals surface area contributed by atoms with E-state index in [1.54, 1.807) is 16.7 Å². The fourth-order valence-corrected chi connectivity index (χ4v) is 6.50. The predicted octanol–water partition coefficient (Wildman–Crippen LogP) is 4.44. The van der Waals surface area contributed by atoms with Crippen molar-refractivity contribution in [3.8, 4) is 0 Å². The van der Waals surface area contributed by atoms with Gasteiger partial charge in [-0.05, 0) is 47.1 Å². The highest BCUT2D eigenvalue weighted by molar-refractivity contribution is 8.03. The molecule has 144 valence electrons. The Balaban J connectivity index is 1.60. The Bertz CT molecular complexity index is 1020. The molecule has 1 amide bonds. The number of carboxylic acids is 1. The van der Waals surface area contributed by atoms with E-state index in [1.807, 2.05) is 0 Å². The number of amides is 1. The van der Waals surface area contributed by atoms with Gasteiger partial charge in [-0.3, -0.25) is 9.69 Å². The van der Waals surface area contributed by atoms with E-state index in [4.69, 9.17) is 0 Å². The average Bonchev–Trinajstić information content (AvgIpc) is 3.38. The van der Waals surface area contributed by atoms with E-state index in [9.17, 15) is 14.7 Å². The van der Waals surface area contributed by atoms with Crippen LogP contribution in [0.3, 0.4) is 0 Å². The molecule has 2 aliphatic heterocycles. The van der Waals surface area contributed by atoms with Gasteiger partial charge in [0.1, 0.15) is 6.04 Å². The van der Waals surface area contributed by atoms with E-state index in [-0.39, 0.29) is 11.3 Å². The monoisotopic (exact) mass is 393 g/mol. The quantitative estimate of drug-likeness (QED) is 0.834. The van der Waals surface area contributed by atoms with Crippen LogP contribution >= 0.6 is 11.8 Å². The van der Waals surface area contributed by atoms with Crippen molar-refractivity contribution in [3.05, 3.63) is 58.6 Å². The number of allylic oxidation sites excluding steroid dienone is 1. The Kier molecular flexibility index (Phi) is 4.05. The minimum Gasteiger partial charge on any atom is -0.480 e. The summed E-state index contributed by atoms with van der Waals surface area (Å²) >= 11 is 1.56. The van der Waals surface area contributed by atoms with Gasteiger partial charge in [0, 0.05) is 17.6 Å². The van der Waals surface area contributed by atoms with Gasteiger partial charge < -0.3 is 5.11 Å². The van der Waals surface area contributed by atoms with Crippen LogP contribution in [0, 0.1) is 11.3 Å². The van der Waals surface area contributed by atoms with E-state index < -0.39 is 12.0 Å². The molecule has 1 saturated heterocycles. The van der Waals surface area contributed by atoms with Crippen LogP contribution in [0.5, 0.6) is 0 Å². The molecule has 2 fully saturated rings. The van der Waals surface area contributed by atoms with Gasteiger partial charge in [-0.25, -0.2) is 4.79 Å². The van der Waals surface area contributed by atoms with E-state index in [1.165, 1.54) is 21.9 Å². The van der Waals surface area contributed by atoms with E-state index in [0.717, 1.165) is 24.3 Å². The molecule has 2 aromatic rings. The van der Waals surface area contributed by atoms with Crippen molar-refractivity contribution in [3.63, 3.8) is 0 Å². The van der Waals surface area contributed by atoms with Crippen LogP contribution in [0.2, 0.25) is 0 Å². The molecular formula is C23H23NO3S. The topological polar surface area (TPSA) is 57.6 Å². The summed E-state index contributed by atoms with van der Waals surface area (Å²) in [5.74, 6) is 0.00516. The number of nitrogens with zero attached hydrogens (tertiary/aromatic N) is 1. The number of aliphatic carboxylic acids is 1. The molecule has 0 radical (unpaired) electrons. The number of rotatable bonds is 4. The lowest BCUT2D eigenvalue weighted by Crippen LogP contribution is -2.47. The van der Waals surface area contributed by atoms with Crippen molar-refractivity contribution in [1.29, 1.82) is 0 Å². The average molecular weight is 394 g/mol. The van der Waals surface area contributed by atoms with Crippen molar-refractivity contribution < 1.29 is 14.7 Å². The lowest BCUT2D eigenvalue weighted by atomic mass is 9.70. The molecule has 3 aliphatic rings. The number of benzene rings is 2. The Morgan fingerprint density at radius 2 is 1.96 bits per heavy atom. The molecule has 1 unspecified atom stereocenters. The summed E-state index contributed by atoms with van der Waals surface area (Å²) in [7, 11) is 0. The zero-order valence-electron chi connectivity index (χ0n) is 15.9. The number of hydrogen-bond acceptors (Lipinski definition) is 3. The lowest BCUT2D eigenvalue weighted by Gasteiger charge is -2.41. The van der Waals surface area contributed by atoms with Crippen molar-refractivity contribution in [2.24, 2.45) is 11.3 Å². The highest BCUT2D eigenvalue weighted by Gasteiger charge is 2.52. The summed E-state index contributed by atoms with van der Waals surface area (Å²) in [6, 6.07) is 14.1. The van der Waals surface area contributed by atoms with Crippen LogP contribution in [0.4, 0.5) is 0 Å². The van der Waals surface area contributed by atoms with E-state index in [0.29, 0.717) is 18.1 Å². The third kappa shape index (κ3) is 2.75. The van der Waals surface area contributed by atoms with Crippen molar-refractivity contribution >= 4 is 34.4 Å². The van der Waals surface area contributed by atoms with Crippen LogP contribution in [0.15, 0.2) is 53.1 Å². The molecule has 5 rings (SSSR count). The minimum absolute atomic E-state index is 0.0421. The molecule has 0 aromatic heterocycles. The van der Waals surface area contributed by atoms with Gasteiger partial charge in [0.05, 0.1) is 5.03 Å². The van der Waals surface area contributed by atoms with Gasteiger partial charge in [0.25, 0.3) is 0 Å². The second-order valence-electron chi connectivity index (χ2n) is 8.47. The SMILES string of the molecule is CC1(Cc2cccc3ccccc23)CC(=O)N2C(=C1C1CC1)SC[C@@H]2C(=O)O. The zero-order chi connectivity index (χ0) is 19.5. The van der Waals surface area contributed by atoms with Crippen molar-refractivity contribution in [2.45, 2.75) is 38.6 Å². The molecule has 2 heterocycles. The van der Waals surface area contributed by atoms with Crippen LogP contribution in [0.1, 0.15) is 31.7 Å². The van der Waals surface area contributed by atoms with Crippen molar-refractivity contribution in [2.75, 3.05) is 5.75 Å². The number of hydrogen-bond donors (Lipinski definition) is 1. The molecule has 5 heteroatoms. The first-order valence-electron chi connectivity index (χ1n) is 9.87. The first kappa shape index (κ1) is 17.8. The standard InChI is InChI=1S/C23H23NO3S/c1-23(11-16-7-4-6-14-5-2-3-8-17(14)16)12-19(25)24-18(22(26)27)13-28-21(24)20(23)15-9-10-15/h2-8,15,18H,9-13H2,1H3,(H,26,27)/t18-,23?/m1/s1. The first-order chi connectivity index (χ1) is 13.5. The van der Waals surface area contributed by atoms with E-state index >= 15 is 0 Å². The Morgan fingerprint density at radius 3 is 2.71 bits per heavy atom. The third-order valence-corrected chi connectivity index (χ3v) is 7.50. The third-order valence-electron chi connectivity index (χ3n) is 6.33. The largest absolute Gasteiger partial charge is 0.480 e. The molecular weight excluding hydrogens is 370 g/mol. The zero-order valence-corrected chi connectivity index (χ0v) is 16.7. The summed E-state index contributed by atoms with van der Waals surface area (Å²) < 4.78 is 0. The van der Waals surface area contributed by atoms with E-state index in [2.05, 4.69) is 49.4 Å². The van der Waals surface area contributed by atoms with Crippen molar-refractivity contribution in [1.82, 2.24) is 4.90 Å². The smallest absolute Gasteiger partial charge is 0.327 e. The number of fused-ring (bicyclic) bond motifs is 2. The molecule has 1 N–H and O–H groups in total. The Labute approximate surface area is 168 Å².